The lowest BCUT2D eigenvalue weighted by molar-refractivity contribution is -0.142. The first-order valence-electron chi connectivity index (χ1n) is 7.82. The Morgan fingerprint density at radius 1 is 1.19 bits per heavy atom. The molecule has 2 rings (SSSR count). The Morgan fingerprint density at radius 3 is 2.43 bits per heavy atom. The third-order valence-electron chi connectivity index (χ3n) is 4.88. The van der Waals surface area contributed by atoms with E-state index in [9.17, 15) is 9.59 Å². The number of aliphatic carboxylic acids is 1. The number of urea groups is 1. The van der Waals surface area contributed by atoms with E-state index >= 15 is 0 Å². The van der Waals surface area contributed by atoms with Gasteiger partial charge in [0.15, 0.2) is 0 Å². The van der Waals surface area contributed by atoms with Gasteiger partial charge in [0.1, 0.15) is 0 Å². The highest BCUT2D eigenvalue weighted by Crippen LogP contribution is 2.25. The molecule has 2 atom stereocenters. The van der Waals surface area contributed by atoms with Crippen molar-refractivity contribution in [3.63, 3.8) is 0 Å². The molecule has 0 radical (unpaired) electrons. The van der Waals surface area contributed by atoms with Crippen molar-refractivity contribution in [2.24, 2.45) is 11.8 Å². The zero-order valence-electron chi connectivity index (χ0n) is 12.9. The first kappa shape index (κ1) is 16.1. The van der Waals surface area contributed by atoms with Crippen LogP contribution in [0, 0.1) is 11.8 Å². The fourth-order valence-corrected chi connectivity index (χ4v) is 3.28. The smallest absolute Gasteiger partial charge is 0.317 e. The first-order valence-corrected chi connectivity index (χ1v) is 7.82. The molecule has 2 unspecified atom stereocenters. The number of carbonyl (C=O) groups is 2. The van der Waals surface area contributed by atoms with Crippen LogP contribution in [0.3, 0.4) is 0 Å². The van der Waals surface area contributed by atoms with Gasteiger partial charge in [-0.05, 0) is 38.0 Å². The van der Waals surface area contributed by atoms with E-state index in [1.807, 2.05) is 4.90 Å². The van der Waals surface area contributed by atoms with Crippen molar-refractivity contribution in [1.29, 1.82) is 0 Å². The number of carbonyl (C=O) groups excluding carboxylic acids is 1. The van der Waals surface area contributed by atoms with Gasteiger partial charge in [-0.3, -0.25) is 4.79 Å². The number of piperidine rings is 1. The number of carboxylic acid groups (broad SMARTS) is 1. The molecule has 1 heterocycles. The van der Waals surface area contributed by atoms with Gasteiger partial charge < -0.3 is 20.1 Å². The van der Waals surface area contributed by atoms with Gasteiger partial charge in [-0.2, -0.15) is 0 Å². The van der Waals surface area contributed by atoms with E-state index in [1.54, 1.807) is 7.11 Å². The van der Waals surface area contributed by atoms with Crippen molar-refractivity contribution in [1.82, 2.24) is 10.2 Å². The number of amides is 2. The second-order valence-electron chi connectivity index (χ2n) is 6.32. The lowest BCUT2D eigenvalue weighted by Crippen LogP contribution is -2.52. The number of hydrogen-bond acceptors (Lipinski definition) is 3. The van der Waals surface area contributed by atoms with Crippen LogP contribution >= 0.6 is 0 Å². The SMILES string of the molecule is COC1CN(C(=O)NC2CCC(C(=O)O)CC2)CCC1C. The molecule has 0 bridgehead atoms. The van der Waals surface area contributed by atoms with Gasteiger partial charge in [-0.25, -0.2) is 4.79 Å². The topological polar surface area (TPSA) is 78.9 Å². The largest absolute Gasteiger partial charge is 0.481 e. The fourth-order valence-electron chi connectivity index (χ4n) is 3.28. The van der Waals surface area contributed by atoms with Gasteiger partial charge in [-0.15, -0.1) is 0 Å². The van der Waals surface area contributed by atoms with Gasteiger partial charge in [0.25, 0.3) is 0 Å². The summed E-state index contributed by atoms with van der Waals surface area (Å²) in [5, 5.41) is 12.0. The molecule has 6 heteroatoms. The van der Waals surface area contributed by atoms with Crippen molar-refractivity contribution >= 4 is 12.0 Å². The molecule has 1 saturated heterocycles. The summed E-state index contributed by atoms with van der Waals surface area (Å²) in [7, 11) is 1.69. The summed E-state index contributed by atoms with van der Waals surface area (Å²) in [4.78, 5) is 25.0. The molecule has 1 aliphatic carbocycles. The van der Waals surface area contributed by atoms with Gasteiger partial charge >= 0.3 is 12.0 Å². The molecule has 1 aliphatic heterocycles. The molecule has 6 nitrogen and oxygen atoms in total. The fraction of sp³-hybridized carbons (Fsp3) is 0.867. The maximum Gasteiger partial charge on any atom is 0.317 e. The minimum Gasteiger partial charge on any atom is -0.481 e. The van der Waals surface area contributed by atoms with E-state index in [2.05, 4.69) is 12.2 Å². The summed E-state index contributed by atoms with van der Waals surface area (Å²) in [6.07, 6.45) is 3.86. The number of ether oxygens (including phenoxy) is 1. The first-order chi connectivity index (χ1) is 10.0. The number of nitrogens with zero attached hydrogens (tertiary/aromatic N) is 1. The van der Waals surface area contributed by atoms with Crippen molar-refractivity contribution < 1.29 is 19.4 Å². The van der Waals surface area contributed by atoms with Crippen LogP contribution in [-0.4, -0.2) is 54.4 Å². The Hall–Kier alpha value is -1.30. The zero-order valence-corrected chi connectivity index (χ0v) is 12.9. The van der Waals surface area contributed by atoms with E-state index in [-0.39, 0.29) is 24.1 Å². The third kappa shape index (κ3) is 4.09. The second-order valence-corrected chi connectivity index (χ2v) is 6.32. The minimum absolute atomic E-state index is 0.0391. The van der Waals surface area contributed by atoms with E-state index in [0.717, 1.165) is 25.8 Å². The molecular weight excluding hydrogens is 272 g/mol. The van der Waals surface area contributed by atoms with Crippen LogP contribution in [0.2, 0.25) is 0 Å². The monoisotopic (exact) mass is 298 g/mol. The number of nitrogens with one attached hydrogen (secondary N) is 1. The molecule has 120 valence electrons. The highest BCUT2D eigenvalue weighted by molar-refractivity contribution is 5.75. The molecule has 2 amide bonds. The Kier molecular flexibility index (Phi) is 5.45. The van der Waals surface area contributed by atoms with Crippen molar-refractivity contribution in [3.8, 4) is 0 Å². The van der Waals surface area contributed by atoms with Crippen LogP contribution < -0.4 is 5.32 Å². The van der Waals surface area contributed by atoms with E-state index in [1.165, 1.54) is 0 Å². The highest BCUT2D eigenvalue weighted by atomic mass is 16.5. The van der Waals surface area contributed by atoms with Crippen LogP contribution in [0.5, 0.6) is 0 Å². The van der Waals surface area contributed by atoms with E-state index in [4.69, 9.17) is 9.84 Å². The second kappa shape index (κ2) is 7.11. The Bertz CT molecular complexity index is 380. The molecule has 1 saturated carbocycles. The van der Waals surface area contributed by atoms with Gasteiger partial charge in [0.05, 0.1) is 12.0 Å². The van der Waals surface area contributed by atoms with Crippen LogP contribution in [0.1, 0.15) is 39.0 Å². The zero-order chi connectivity index (χ0) is 15.4. The molecular formula is C15H26N2O4. The van der Waals surface area contributed by atoms with Crippen LogP contribution in [0.25, 0.3) is 0 Å². The summed E-state index contributed by atoms with van der Waals surface area (Å²) in [5.41, 5.74) is 0. The molecule has 0 spiro atoms. The Balaban J connectivity index is 1.78. The third-order valence-corrected chi connectivity index (χ3v) is 4.88. The maximum atomic E-state index is 12.3. The molecule has 2 aliphatic rings. The normalized spacial score (nSPS) is 33.5. The summed E-state index contributed by atoms with van der Waals surface area (Å²) >= 11 is 0. The highest BCUT2D eigenvalue weighted by Gasteiger charge is 2.31. The molecule has 2 fully saturated rings. The predicted octanol–water partition coefficient (Wildman–Crippen LogP) is 1.70. The van der Waals surface area contributed by atoms with Crippen LogP contribution in [-0.2, 0) is 9.53 Å². The Morgan fingerprint density at radius 2 is 1.86 bits per heavy atom. The number of methoxy groups -OCH3 is 1. The van der Waals surface area contributed by atoms with Crippen LogP contribution in [0.4, 0.5) is 4.79 Å². The molecule has 0 aromatic heterocycles. The number of hydrogen-bond donors (Lipinski definition) is 2. The molecule has 0 aromatic carbocycles. The summed E-state index contributed by atoms with van der Waals surface area (Å²) in [6.45, 7) is 3.54. The number of likely N-dealkylation sites (tertiary alicyclic amines) is 1. The maximum absolute atomic E-state index is 12.3. The lowest BCUT2D eigenvalue weighted by Gasteiger charge is -2.37. The van der Waals surface area contributed by atoms with Gasteiger partial charge in [0, 0.05) is 26.2 Å². The van der Waals surface area contributed by atoms with Gasteiger partial charge in [-0.1, -0.05) is 6.92 Å². The number of carboxylic acids is 1. The van der Waals surface area contributed by atoms with Gasteiger partial charge in [0.2, 0.25) is 0 Å². The molecule has 2 N–H and O–H groups in total. The standard InChI is InChI=1S/C15H26N2O4/c1-10-7-8-17(9-13(10)21-2)15(20)16-12-5-3-11(4-6-12)14(18)19/h10-13H,3-9H2,1-2H3,(H,16,20)(H,18,19). The summed E-state index contributed by atoms with van der Waals surface area (Å²) < 4.78 is 5.43. The van der Waals surface area contributed by atoms with Crippen molar-refractivity contribution in [2.45, 2.75) is 51.2 Å². The Labute approximate surface area is 125 Å². The van der Waals surface area contributed by atoms with Crippen molar-refractivity contribution in [2.75, 3.05) is 20.2 Å². The van der Waals surface area contributed by atoms with E-state index in [0.29, 0.717) is 25.3 Å². The van der Waals surface area contributed by atoms with Crippen LogP contribution in [0.15, 0.2) is 0 Å². The minimum atomic E-state index is -0.715. The lowest BCUT2D eigenvalue weighted by atomic mass is 9.86. The predicted molar refractivity (Wildman–Crippen MR) is 78.1 cm³/mol. The molecule has 0 aromatic rings. The molecule has 21 heavy (non-hydrogen) atoms. The average molecular weight is 298 g/mol. The quantitative estimate of drug-likeness (QED) is 0.831. The van der Waals surface area contributed by atoms with E-state index < -0.39 is 5.97 Å². The summed E-state index contributed by atoms with van der Waals surface area (Å²) in [5.74, 6) is -0.482. The van der Waals surface area contributed by atoms with Crippen molar-refractivity contribution in [3.05, 3.63) is 0 Å². The number of rotatable bonds is 3. The summed E-state index contributed by atoms with van der Waals surface area (Å²) in [6, 6.07) is 0.0659. The average Bonchev–Trinajstić information content (AvgIpc) is 2.48.